The zero-order chi connectivity index (χ0) is 12.5. The molecule has 94 valence electrons. The molecule has 0 aromatic heterocycles. The van der Waals surface area contributed by atoms with Gasteiger partial charge in [0.25, 0.3) is 0 Å². The normalized spacial score (nSPS) is 24.6. The number of para-hydroxylation sites is 1. The number of anilines is 1. The Labute approximate surface area is 108 Å². The summed E-state index contributed by atoms with van der Waals surface area (Å²) in [5.41, 5.74) is 0.922. The third-order valence-electron chi connectivity index (χ3n) is 3.77. The molecule has 1 fully saturated rings. The fourth-order valence-corrected chi connectivity index (χ4v) is 2.66. The van der Waals surface area contributed by atoms with Crippen molar-refractivity contribution in [2.24, 2.45) is 0 Å². The molecule has 0 radical (unpaired) electrons. The summed E-state index contributed by atoms with van der Waals surface area (Å²) in [7, 11) is 4.04. The van der Waals surface area contributed by atoms with Gasteiger partial charge in [0.2, 0.25) is 0 Å². The van der Waals surface area contributed by atoms with Crippen LogP contribution in [0.2, 0.25) is 5.02 Å². The molecule has 1 aromatic rings. The van der Waals surface area contributed by atoms with Gasteiger partial charge in [0, 0.05) is 13.1 Å². The number of likely N-dealkylation sites (N-methyl/N-ethyl adjacent to an activating group) is 1. The van der Waals surface area contributed by atoms with Gasteiger partial charge < -0.3 is 10.0 Å². The lowest BCUT2D eigenvalue weighted by Crippen LogP contribution is -2.49. The van der Waals surface area contributed by atoms with Crippen molar-refractivity contribution in [2.75, 3.05) is 38.7 Å². The van der Waals surface area contributed by atoms with Gasteiger partial charge in [-0.1, -0.05) is 23.7 Å². The molecule has 3 nitrogen and oxygen atoms in total. The van der Waals surface area contributed by atoms with E-state index in [1.165, 1.54) is 0 Å². The molecule has 1 aliphatic rings. The second kappa shape index (κ2) is 4.84. The predicted molar refractivity (Wildman–Crippen MR) is 71.8 cm³/mol. The summed E-state index contributed by atoms with van der Waals surface area (Å²) in [5, 5.41) is 10.4. The molecule has 1 saturated heterocycles. The van der Waals surface area contributed by atoms with Crippen LogP contribution in [0.1, 0.15) is 6.42 Å². The monoisotopic (exact) mass is 254 g/mol. The third kappa shape index (κ3) is 2.28. The molecule has 0 bridgehead atoms. The van der Waals surface area contributed by atoms with Crippen molar-refractivity contribution in [1.29, 1.82) is 0 Å². The first-order valence-electron chi connectivity index (χ1n) is 5.87. The molecular formula is C13H19ClN2O. The van der Waals surface area contributed by atoms with Crippen molar-refractivity contribution >= 4 is 17.3 Å². The van der Waals surface area contributed by atoms with E-state index in [0.29, 0.717) is 0 Å². The second-order valence-corrected chi connectivity index (χ2v) is 5.31. The molecule has 1 aliphatic heterocycles. The Bertz CT molecular complexity index is 397. The zero-order valence-electron chi connectivity index (χ0n) is 10.4. The second-order valence-electron chi connectivity index (χ2n) is 4.90. The van der Waals surface area contributed by atoms with E-state index in [1.807, 2.05) is 38.4 Å². The predicted octanol–water partition coefficient (Wildman–Crippen LogP) is 1.84. The number of rotatable bonds is 3. The molecule has 0 aliphatic carbocycles. The lowest BCUT2D eigenvalue weighted by Gasteiger charge is -2.34. The number of aliphatic hydroxyl groups excluding tert-OH is 1. The van der Waals surface area contributed by atoms with Crippen molar-refractivity contribution < 1.29 is 5.11 Å². The minimum absolute atomic E-state index is 0.140. The Hall–Kier alpha value is -0.770. The maximum atomic E-state index is 9.62. The van der Waals surface area contributed by atoms with Gasteiger partial charge in [-0.3, -0.25) is 4.90 Å². The van der Waals surface area contributed by atoms with Gasteiger partial charge in [-0.25, -0.2) is 0 Å². The number of halogens is 1. The largest absolute Gasteiger partial charge is 0.394 e. The molecule has 1 atom stereocenters. The molecular weight excluding hydrogens is 236 g/mol. The summed E-state index contributed by atoms with van der Waals surface area (Å²) in [6, 6.07) is 7.87. The summed E-state index contributed by atoms with van der Waals surface area (Å²) < 4.78 is 0. The molecule has 0 saturated carbocycles. The molecule has 0 spiro atoms. The van der Waals surface area contributed by atoms with Crippen LogP contribution in [0.3, 0.4) is 0 Å². The van der Waals surface area contributed by atoms with E-state index in [-0.39, 0.29) is 12.1 Å². The number of nitrogens with zero attached hydrogens (tertiary/aromatic N) is 2. The third-order valence-corrected chi connectivity index (χ3v) is 4.09. The van der Waals surface area contributed by atoms with Crippen LogP contribution in [0.5, 0.6) is 0 Å². The summed E-state index contributed by atoms with van der Waals surface area (Å²) in [5.74, 6) is 0. The van der Waals surface area contributed by atoms with E-state index < -0.39 is 0 Å². The van der Waals surface area contributed by atoms with Gasteiger partial charge in [0.15, 0.2) is 0 Å². The van der Waals surface area contributed by atoms with Crippen molar-refractivity contribution in [1.82, 2.24) is 4.90 Å². The highest BCUT2D eigenvalue weighted by molar-refractivity contribution is 6.33. The molecule has 1 aromatic carbocycles. The van der Waals surface area contributed by atoms with E-state index in [9.17, 15) is 5.11 Å². The quantitative estimate of drug-likeness (QED) is 0.892. The Morgan fingerprint density at radius 2 is 2.12 bits per heavy atom. The van der Waals surface area contributed by atoms with Crippen molar-refractivity contribution in [2.45, 2.75) is 12.0 Å². The van der Waals surface area contributed by atoms with Gasteiger partial charge in [-0.2, -0.15) is 0 Å². The molecule has 4 heteroatoms. The van der Waals surface area contributed by atoms with Gasteiger partial charge in [0.05, 0.1) is 22.9 Å². The fourth-order valence-electron chi connectivity index (χ4n) is 2.41. The molecule has 1 N–H and O–H groups in total. The lowest BCUT2D eigenvalue weighted by molar-refractivity contribution is 0.0867. The highest BCUT2D eigenvalue weighted by atomic mass is 35.5. The minimum atomic E-state index is -0.140. The summed E-state index contributed by atoms with van der Waals surface area (Å²) in [6.07, 6.45) is 0.960. The van der Waals surface area contributed by atoms with Gasteiger partial charge >= 0.3 is 0 Å². The first kappa shape index (κ1) is 12.7. The maximum Gasteiger partial charge on any atom is 0.0639 e. The maximum absolute atomic E-state index is 9.62. The first-order valence-corrected chi connectivity index (χ1v) is 6.25. The van der Waals surface area contributed by atoms with Gasteiger partial charge in [-0.05, 0) is 32.6 Å². The van der Waals surface area contributed by atoms with Gasteiger partial charge in [0.1, 0.15) is 0 Å². The van der Waals surface area contributed by atoms with Crippen LogP contribution in [-0.2, 0) is 0 Å². The van der Waals surface area contributed by atoms with E-state index in [4.69, 9.17) is 11.6 Å². The topological polar surface area (TPSA) is 26.7 Å². The first-order chi connectivity index (χ1) is 8.09. The fraction of sp³-hybridized carbons (Fsp3) is 0.538. The van der Waals surface area contributed by atoms with Crippen LogP contribution in [-0.4, -0.2) is 49.3 Å². The zero-order valence-corrected chi connectivity index (χ0v) is 11.1. The van der Waals surface area contributed by atoms with E-state index in [0.717, 1.165) is 30.2 Å². The molecule has 0 amide bonds. The van der Waals surface area contributed by atoms with Crippen molar-refractivity contribution in [3.05, 3.63) is 29.3 Å². The van der Waals surface area contributed by atoms with Crippen LogP contribution in [0, 0.1) is 0 Å². The standard InChI is InChI=1S/C13H19ClN2O/c1-15(2)13(10-17)7-8-16(9-13)12-6-4-3-5-11(12)14/h3-6,17H,7-10H2,1-2H3. The van der Waals surface area contributed by atoms with Gasteiger partial charge in [-0.15, -0.1) is 0 Å². The average Bonchev–Trinajstić information content (AvgIpc) is 2.75. The van der Waals surface area contributed by atoms with E-state index in [2.05, 4.69) is 9.80 Å². The van der Waals surface area contributed by atoms with E-state index >= 15 is 0 Å². The smallest absolute Gasteiger partial charge is 0.0639 e. The average molecular weight is 255 g/mol. The number of aliphatic hydroxyl groups is 1. The molecule has 17 heavy (non-hydrogen) atoms. The summed E-state index contributed by atoms with van der Waals surface area (Å²) in [6.45, 7) is 1.93. The Kier molecular flexibility index (Phi) is 3.61. The summed E-state index contributed by atoms with van der Waals surface area (Å²) >= 11 is 6.20. The number of hydrogen-bond acceptors (Lipinski definition) is 3. The van der Waals surface area contributed by atoms with Crippen molar-refractivity contribution in [3.8, 4) is 0 Å². The Balaban J connectivity index is 2.20. The van der Waals surface area contributed by atoms with Crippen LogP contribution >= 0.6 is 11.6 Å². The highest BCUT2D eigenvalue weighted by Crippen LogP contribution is 2.33. The highest BCUT2D eigenvalue weighted by Gasteiger charge is 2.39. The van der Waals surface area contributed by atoms with Crippen molar-refractivity contribution in [3.63, 3.8) is 0 Å². The lowest BCUT2D eigenvalue weighted by atomic mass is 9.99. The molecule has 1 heterocycles. The Morgan fingerprint density at radius 1 is 1.41 bits per heavy atom. The molecule has 2 rings (SSSR count). The van der Waals surface area contributed by atoms with Crippen LogP contribution in [0.4, 0.5) is 5.69 Å². The number of benzene rings is 1. The molecule has 1 unspecified atom stereocenters. The van der Waals surface area contributed by atoms with Crippen LogP contribution in [0.25, 0.3) is 0 Å². The SMILES string of the molecule is CN(C)C1(CO)CCN(c2ccccc2Cl)C1. The summed E-state index contributed by atoms with van der Waals surface area (Å²) in [4.78, 5) is 4.36. The Morgan fingerprint density at radius 3 is 2.65 bits per heavy atom. The van der Waals surface area contributed by atoms with Crippen LogP contribution in [0.15, 0.2) is 24.3 Å². The van der Waals surface area contributed by atoms with Crippen LogP contribution < -0.4 is 4.90 Å². The number of hydrogen-bond donors (Lipinski definition) is 1. The van der Waals surface area contributed by atoms with E-state index in [1.54, 1.807) is 0 Å². The minimum Gasteiger partial charge on any atom is -0.394 e.